The molecule has 0 aromatic carbocycles. The first-order valence-corrected chi connectivity index (χ1v) is 6.62. The Morgan fingerprint density at radius 3 is 2.84 bits per heavy atom. The molecule has 19 heavy (non-hydrogen) atoms. The van der Waals surface area contributed by atoms with Crippen LogP contribution in [-0.4, -0.2) is 54.7 Å². The number of nitrogens with zero attached hydrogens (tertiary/aromatic N) is 4. The van der Waals surface area contributed by atoms with Crippen LogP contribution in [0.5, 0.6) is 0 Å². The number of nitrogens with two attached hydrogens (primary N) is 1. The molecule has 2 rings (SSSR count). The lowest BCUT2D eigenvalue weighted by Gasteiger charge is -2.32. The van der Waals surface area contributed by atoms with Crippen molar-refractivity contribution in [3.05, 3.63) is 17.8 Å². The highest BCUT2D eigenvalue weighted by Crippen LogP contribution is 2.20. The first-order valence-electron chi connectivity index (χ1n) is 6.62. The van der Waals surface area contributed by atoms with E-state index in [9.17, 15) is 4.79 Å². The molecule has 1 unspecified atom stereocenters. The van der Waals surface area contributed by atoms with E-state index in [1.807, 2.05) is 6.07 Å². The summed E-state index contributed by atoms with van der Waals surface area (Å²) in [7, 11) is 3.41. The average Bonchev–Trinajstić information content (AvgIpc) is 2.46. The van der Waals surface area contributed by atoms with Gasteiger partial charge < -0.3 is 15.5 Å². The molecule has 2 N–H and O–H groups in total. The number of carbonyl (C=O) groups is 1. The Hall–Kier alpha value is -1.69. The van der Waals surface area contributed by atoms with Crippen LogP contribution in [-0.2, 0) is 0 Å². The van der Waals surface area contributed by atoms with Gasteiger partial charge in [0.05, 0.1) is 0 Å². The molecule has 0 aliphatic carbocycles. The van der Waals surface area contributed by atoms with Crippen LogP contribution >= 0.6 is 0 Å². The van der Waals surface area contributed by atoms with Gasteiger partial charge in [-0.2, -0.15) is 0 Å². The fourth-order valence-corrected chi connectivity index (χ4v) is 2.30. The zero-order valence-corrected chi connectivity index (χ0v) is 11.5. The summed E-state index contributed by atoms with van der Waals surface area (Å²) in [5.41, 5.74) is 6.10. The molecule has 1 aromatic rings. The Labute approximate surface area is 113 Å². The van der Waals surface area contributed by atoms with Crippen molar-refractivity contribution in [1.29, 1.82) is 0 Å². The van der Waals surface area contributed by atoms with E-state index in [0.717, 1.165) is 25.3 Å². The molecular weight excluding hydrogens is 242 g/mol. The molecule has 0 radical (unpaired) electrons. The van der Waals surface area contributed by atoms with Crippen LogP contribution in [0.1, 0.15) is 23.3 Å². The molecule has 1 fully saturated rings. The normalized spacial score (nSPS) is 19.3. The van der Waals surface area contributed by atoms with Crippen LogP contribution in [0, 0.1) is 5.92 Å². The summed E-state index contributed by atoms with van der Waals surface area (Å²) in [5.74, 6) is 1.23. The molecule has 1 aliphatic heterocycles. The van der Waals surface area contributed by atoms with Crippen molar-refractivity contribution in [2.75, 3.05) is 38.6 Å². The van der Waals surface area contributed by atoms with Crippen molar-refractivity contribution in [3.63, 3.8) is 0 Å². The second kappa shape index (κ2) is 5.97. The zero-order chi connectivity index (χ0) is 13.8. The van der Waals surface area contributed by atoms with E-state index in [2.05, 4.69) is 15.1 Å². The van der Waals surface area contributed by atoms with Gasteiger partial charge in [0.15, 0.2) is 11.5 Å². The van der Waals surface area contributed by atoms with Crippen molar-refractivity contribution in [2.24, 2.45) is 11.7 Å². The lowest BCUT2D eigenvalue weighted by molar-refractivity contribution is 0.0821. The van der Waals surface area contributed by atoms with Gasteiger partial charge in [-0.05, 0) is 37.4 Å². The van der Waals surface area contributed by atoms with E-state index < -0.39 is 0 Å². The quantitative estimate of drug-likeness (QED) is 0.852. The fourth-order valence-electron chi connectivity index (χ4n) is 2.30. The largest absolute Gasteiger partial charge is 0.355 e. The third kappa shape index (κ3) is 3.20. The second-order valence-electron chi connectivity index (χ2n) is 5.17. The van der Waals surface area contributed by atoms with Gasteiger partial charge in [0.2, 0.25) is 0 Å². The predicted molar refractivity (Wildman–Crippen MR) is 74.0 cm³/mol. The number of rotatable bonds is 3. The van der Waals surface area contributed by atoms with Crippen LogP contribution in [0.3, 0.4) is 0 Å². The van der Waals surface area contributed by atoms with E-state index in [4.69, 9.17) is 5.73 Å². The lowest BCUT2D eigenvalue weighted by atomic mass is 9.98. The standard InChI is InChI=1S/C13H21N5O/c1-17(2)13(19)11-5-6-12(16-15-11)18-7-3-4-10(8-14)9-18/h5-6,10H,3-4,7-9,14H2,1-2H3. The maximum Gasteiger partial charge on any atom is 0.273 e. The highest BCUT2D eigenvalue weighted by Gasteiger charge is 2.20. The SMILES string of the molecule is CN(C)C(=O)c1ccc(N2CCCC(CN)C2)nn1. The van der Waals surface area contributed by atoms with E-state index >= 15 is 0 Å². The number of amides is 1. The molecule has 2 heterocycles. The number of hydrogen-bond donors (Lipinski definition) is 1. The van der Waals surface area contributed by atoms with Gasteiger partial charge in [-0.1, -0.05) is 0 Å². The zero-order valence-electron chi connectivity index (χ0n) is 11.5. The van der Waals surface area contributed by atoms with Gasteiger partial charge in [0, 0.05) is 27.2 Å². The number of piperidine rings is 1. The minimum absolute atomic E-state index is 0.127. The summed E-state index contributed by atoms with van der Waals surface area (Å²) in [4.78, 5) is 15.4. The van der Waals surface area contributed by atoms with E-state index in [1.54, 1.807) is 20.2 Å². The van der Waals surface area contributed by atoms with Crippen LogP contribution in [0.25, 0.3) is 0 Å². The minimum atomic E-state index is -0.127. The van der Waals surface area contributed by atoms with Crippen molar-refractivity contribution in [1.82, 2.24) is 15.1 Å². The molecule has 1 aromatic heterocycles. The summed E-state index contributed by atoms with van der Waals surface area (Å²) in [6.07, 6.45) is 2.31. The van der Waals surface area contributed by atoms with E-state index in [0.29, 0.717) is 18.2 Å². The molecular formula is C13H21N5O. The third-order valence-corrected chi connectivity index (χ3v) is 3.45. The number of carbonyl (C=O) groups excluding carboxylic acids is 1. The third-order valence-electron chi connectivity index (χ3n) is 3.45. The Morgan fingerprint density at radius 1 is 1.47 bits per heavy atom. The summed E-state index contributed by atoms with van der Waals surface area (Å²) in [5, 5.41) is 8.17. The molecule has 6 nitrogen and oxygen atoms in total. The molecule has 0 bridgehead atoms. The Kier molecular flexibility index (Phi) is 4.31. The molecule has 6 heteroatoms. The number of hydrogen-bond acceptors (Lipinski definition) is 5. The predicted octanol–water partition coefficient (Wildman–Crippen LogP) is 0.354. The Morgan fingerprint density at radius 2 is 2.26 bits per heavy atom. The highest BCUT2D eigenvalue weighted by molar-refractivity contribution is 5.91. The maximum absolute atomic E-state index is 11.7. The summed E-state index contributed by atoms with van der Waals surface area (Å²) < 4.78 is 0. The fraction of sp³-hybridized carbons (Fsp3) is 0.615. The molecule has 0 spiro atoms. The van der Waals surface area contributed by atoms with Crippen LogP contribution < -0.4 is 10.6 Å². The summed E-state index contributed by atoms with van der Waals surface area (Å²) >= 11 is 0. The Bertz CT molecular complexity index is 431. The van der Waals surface area contributed by atoms with Gasteiger partial charge in [0.25, 0.3) is 5.91 Å². The highest BCUT2D eigenvalue weighted by atomic mass is 16.2. The lowest BCUT2D eigenvalue weighted by Crippen LogP contribution is -2.39. The van der Waals surface area contributed by atoms with Gasteiger partial charge in [-0.3, -0.25) is 4.79 Å². The molecule has 1 saturated heterocycles. The smallest absolute Gasteiger partial charge is 0.273 e. The number of aromatic nitrogens is 2. The first-order chi connectivity index (χ1) is 9.11. The Balaban J connectivity index is 2.07. The van der Waals surface area contributed by atoms with Crippen molar-refractivity contribution >= 4 is 11.7 Å². The van der Waals surface area contributed by atoms with Gasteiger partial charge in [-0.25, -0.2) is 0 Å². The van der Waals surface area contributed by atoms with Crippen molar-refractivity contribution in [3.8, 4) is 0 Å². The van der Waals surface area contributed by atoms with Crippen molar-refractivity contribution < 1.29 is 4.79 Å². The van der Waals surface area contributed by atoms with Gasteiger partial charge >= 0.3 is 0 Å². The monoisotopic (exact) mass is 263 g/mol. The topological polar surface area (TPSA) is 75.4 Å². The minimum Gasteiger partial charge on any atom is -0.355 e. The van der Waals surface area contributed by atoms with Gasteiger partial charge in [0.1, 0.15) is 0 Å². The molecule has 1 amide bonds. The van der Waals surface area contributed by atoms with E-state index in [-0.39, 0.29) is 5.91 Å². The van der Waals surface area contributed by atoms with Crippen molar-refractivity contribution in [2.45, 2.75) is 12.8 Å². The van der Waals surface area contributed by atoms with Gasteiger partial charge in [-0.15, -0.1) is 10.2 Å². The maximum atomic E-state index is 11.7. The molecule has 104 valence electrons. The van der Waals surface area contributed by atoms with Crippen LogP contribution in [0.2, 0.25) is 0 Å². The first kappa shape index (κ1) is 13.7. The molecule has 0 saturated carbocycles. The second-order valence-corrected chi connectivity index (χ2v) is 5.17. The van der Waals surface area contributed by atoms with Crippen LogP contribution in [0.4, 0.5) is 5.82 Å². The van der Waals surface area contributed by atoms with Crippen LogP contribution in [0.15, 0.2) is 12.1 Å². The van der Waals surface area contributed by atoms with E-state index in [1.165, 1.54) is 11.3 Å². The summed E-state index contributed by atoms with van der Waals surface area (Å²) in [6, 6.07) is 3.60. The average molecular weight is 263 g/mol. The molecule has 1 atom stereocenters. The number of anilines is 1. The molecule has 1 aliphatic rings. The summed E-state index contributed by atoms with van der Waals surface area (Å²) in [6.45, 7) is 2.61.